The Balaban J connectivity index is 1.65. The number of fused-ring (bicyclic) bond motifs is 1. The maximum Gasteiger partial charge on any atom is 0.0591 e. The van der Waals surface area contributed by atoms with Crippen LogP contribution in [0, 0.1) is 23.2 Å². The Kier molecular flexibility index (Phi) is 7.14. The van der Waals surface area contributed by atoms with Crippen LogP contribution >= 0.6 is 0 Å². The molecular weight excluding hydrogens is 344 g/mol. The van der Waals surface area contributed by atoms with Crippen LogP contribution in [0.2, 0.25) is 0 Å². The fourth-order valence-electron chi connectivity index (χ4n) is 6.72. The molecule has 3 aliphatic carbocycles. The molecule has 2 N–H and O–H groups in total. The van der Waals surface area contributed by atoms with E-state index in [1.54, 1.807) is 5.57 Å². The number of aliphatic hydroxyl groups excluding tert-OH is 1. The Morgan fingerprint density at radius 3 is 2.64 bits per heavy atom. The fraction of sp³-hybridized carbons (Fsp3) is 0.846. The predicted molar refractivity (Wildman–Crippen MR) is 118 cm³/mol. The summed E-state index contributed by atoms with van der Waals surface area (Å²) in [6, 6.07) is 0. The highest BCUT2D eigenvalue weighted by Crippen LogP contribution is 2.59. The number of aliphatic hydroxyl groups is 2. The van der Waals surface area contributed by atoms with E-state index in [1.165, 1.54) is 50.5 Å². The van der Waals surface area contributed by atoms with Crippen LogP contribution in [-0.2, 0) is 0 Å². The van der Waals surface area contributed by atoms with Crippen molar-refractivity contribution in [2.24, 2.45) is 23.2 Å². The Hall–Kier alpha value is -0.600. The molecule has 0 aromatic carbocycles. The third-order valence-electron chi connectivity index (χ3n) is 8.24. The molecule has 2 nitrogen and oxygen atoms in total. The topological polar surface area (TPSA) is 40.5 Å². The minimum absolute atomic E-state index is 0.115. The lowest BCUT2D eigenvalue weighted by Crippen LogP contribution is -2.36. The highest BCUT2D eigenvalue weighted by Gasteiger charge is 2.50. The summed E-state index contributed by atoms with van der Waals surface area (Å²) in [5.41, 5.74) is 3.08. The SMILES string of the molecule is CC(CCCC(C)(C)O)C1CCC2/C(=C\C=C3\CCC[C@H](O)C3)CCCC21C. The van der Waals surface area contributed by atoms with Gasteiger partial charge in [0.25, 0.3) is 0 Å². The van der Waals surface area contributed by atoms with Crippen molar-refractivity contribution in [2.75, 3.05) is 0 Å². The van der Waals surface area contributed by atoms with Gasteiger partial charge in [-0.3, -0.25) is 0 Å². The monoisotopic (exact) mass is 388 g/mol. The van der Waals surface area contributed by atoms with Gasteiger partial charge in [-0.1, -0.05) is 50.0 Å². The second-order valence-electron chi connectivity index (χ2n) is 11.1. The van der Waals surface area contributed by atoms with Gasteiger partial charge < -0.3 is 10.2 Å². The van der Waals surface area contributed by atoms with Crippen molar-refractivity contribution < 1.29 is 10.2 Å². The first-order valence-corrected chi connectivity index (χ1v) is 12.0. The molecule has 3 saturated carbocycles. The quantitative estimate of drug-likeness (QED) is 0.540. The molecule has 3 fully saturated rings. The molecule has 0 heterocycles. The molecule has 0 aromatic rings. The van der Waals surface area contributed by atoms with Gasteiger partial charge >= 0.3 is 0 Å². The number of rotatable bonds is 6. The van der Waals surface area contributed by atoms with Gasteiger partial charge in [-0.15, -0.1) is 0 Å². The Morgan fingerprint density at radius 2 is 1.93 bits per heavy atom. The first-order valence-electron chi connectivity index (χ1n) is 12.0. The van der Waals surface area contributed by atoms with Crippen LogP contribution in [0.1, 0.15) is 105 Å². The van der Waals surface area contributed by atoms with Crippen molar-refractivity contribution in [3.63, 3.8) is 0 Å². The van der Waals surface area contributed by atoms with Gasteiger partial charge in [0.2, 0.25) is 0 Å². The Morgan fingerprint density at radius 1 is 1.14 bits per heavy atom. The van der Waals surface area contributed by atoms with Gasteiger partial charge in [0.05, 0.1) is 11.7 Å². The highest BCUT2D eigenvalue weighted by molar-refractivity contribution is 5.25. The largest absolute Gasteiger partial charge is 0.393 e. The molecule has 0 radical (unpaired) electrons. The molecule has 0 amide bonds. The van der Waals surface area contributed by atoms with E-state index in [0.29, 0.717) is 5.41 Å². The molecule has 3 aliphatic rings. The van der Waals surface area contributed by atoms with E-state index < -0.39 is 5.60 Å². The lowest BCUT2D eigenvalue weighted by atomic mass is 9.60. The van der Waals surface area contributed by atoms with Gasteiger partial charge in [0, 0.05) is 0 Å². The summed E-state index contributed by atoms with van der Waals surface area (Å²) >= 11 is 0. The van der Waals surface area contributed by atoms with E-state index in [-0.39, 0.29) is 6.10 Å². The molecule has 160 valence electrons. The van der Waals surface area contributed by atoms with Gasteiger partial charge in [-0.25, -0.2) is 0 Å². The first kappa shape index (κ1) is 22.1. The van der Waals surface area contributed by atoms with Gasteiger partial charge in [0.15, 0.2) is 0 Å². The Bertz CT molecular complexity index is 582. The highest BCUT2D eigenvalue weighted by atomic mass is 16.3. The van der Waals surface area contributed by atoms with Crippen LogP contribution in [0.3, 0.4) is 0 Å². The van der Waals surface area contributed by atoms with Crippen LogP contribution in [0.4, 0.5) is 0 Å². The summed E-state index contributed by atoms with van der Waals surface area (Å²) < 4.78 is 0. The van der Waals surface area contributed by atoms with Crippen molar-refractivity contribution in [1.29, 1.82) is 0 Å². The molecule has 28 heavy (non-hydrogen) atoms. The molecule has 0 aromatic heterocycles. The standard InChI is InChI=1S/C26H44O2/c1-19(8-6-16-25(2,3)28)23-14-15-24-21(10-7-17-26(23,24)4)13-12-20-9-5-11-22(27)18-20/h12-13,19,22-24,27-28H,5-11,14-18H2,1-4H3/b20-12-,21-13-/t19?,22-,23?,24?,26?/m0/s1. The molecule has 4 unspecified atom stereocenters. The summed E-state index contributed by atoms with van der Waals surface area (Å²) in [7, 11) is 0. The number of hydrogen-bond acceptors (Lipinski definition) is 2. The van der Waals surface area contributed by atoms with Crippen molar-refractivity contribution in [2.45, 2.75) is 116 Å². The predicted octanol–water partition coefficient (Wildman–Crippen LogP) is 6.57. The van der Waals surface area contributed by atoms with Gasteiger partial charge in [-0.2, -0.15) is 0 Å². The minimum atomic E-state index is -0.525. The van der Waals surface area contributed by atoms with E-state index in [4.69, 9.17) is 0 Å². The molecule has 2 heteroatoms. The van der Waals surface area contributed by atoms with E-state index >= 15 is 0 Å². The number of allylic oxidation sites excluding steroid dienone is 3. The average molecular weight is 389 g/mol. The fourth-order valence-corrected chi connectivity index (χ4v) is 6.72. The van der Waals surface area contributed by atoms with E-state index in [1.807, 2.05) is 13.8 Å². The normalized spacial score (nSPS) is 38.0. The summed E-state index contributed by atoms with van der Waals surface area (Å²) in [5, 5.41) is 20.0. The lowest BCUT2D eigenvalue weighted by Gasteiger charge is -2.44. The second kappa shape index (κ2) is 9.04. The van der Waals surface area contributed by atoms with Crippen LogP contribution in [0.25, 0.3) is 0 Å². The average Bonchev–Trinajstić information content (AvgIpc) is 2.96. The molecule has 3 rings (SSSR count). The first-order chi connectivity index (χ1) is 13.2. The lowest BCUT2D eigenvalue weighted by molar-refractivity contribution is 0.0596. The molecule has 0 spiro atoms. The molecule has 5 atom stereocenters. The summed E-state index contributed by atoms with van der Waals surface area (Å²) in [4.78, 5) is 0. The summed E-state index contributed by atoms with van der Waals surface area (Å²) in [6.07, 6.45) is 18.9. The smallest absolute Gasteiger partial charge is 0.0591 e. The summed E-state index contributed by atoms with van der Waals surface area (Å²) in [6.45, 7) is 8.91. The van der Waals surface area contributed by atoms with Gasteiger partial charge in [-0.05, 0) is 101 Å². The van der Waals surface area contributed by atoms with Gasteiger partial charge in [0.1, 0.15) is 0 Å². The molecule has 0 saturated heterocycles. The number of hydrogen-bond donors (Lipinski definition) is 2. The third-order valence-corrected chi connectivity index (χ3v) is 8.24. The summed E-state index contributed by atoms with van der Waals surface area (Å²) in [5.74, 6) is 2.34. The minimum Gasteiger partial charge on any atom is -0.393 e. The zero-order chi connectivity index (χ0) is 20.4. The van der Waals surface area contributed by atoms with E-state index in [9.17, 15) is 10.2 Å². The van der Waals surface area contributed by atoms with Crippen molar-refractivity contribution in [3.8, 4) is 0 Å². The van der Waals surface area contributed by atoms with Crippen molar-refractivity contribution in [1.82, 2.24) is 0 Å². The van der Waals surface area contributed by atoms with E-state index in [0.717, 1.165) is 49.9 Å². The van der Waals surface area contributed by atoms with Crippen LogP contribution in [-0.4, -0.2) is 21.9 Å². The van der Waals surface area contributed by atoms with Crippen molar-refractivity contribution >= 4 is 0 Å². The Labute approximate surface area is 173 Å². The maximum absolute atomic E-state index is 10.0. The molecule has 0 bridgehead atoms. The van der Waals surface area contributed by atoms with Crippen LogP contribution in [0.15, 0.2) is 23.3 Å². The molecule has 0 aliphatic heterocycles. The van der Waals surface area contributed by atoms with Crippen molar-refractivity contribution in [3.05, 3.63) is 23.3 Å². The van der Waals surface area contributed by atoms with Crippen LogP contribution < -0.4 is 0 Å². The zero-order valence-corrected chi connectivity index (χ0v) is 18.8. The molecular formula is C26H44O2. The van der Waals surface area contributed by atoms with E-state index in [2.05, 4.69) is 26.0 Å². The third kappa shape index (κ3) is 5.30. The second-order valence-corrected chi connectivity index (χ2v) is 11.1. The van der Waals surface area contributed by atoms with Crippen LogP contribution in [0.5, 0.6) is 0 Å². The zero-order valence-electron chi connectivity index (χ0n) is 18.8. The maximum atomic E-state index is 10.0.